The van der Waals surface area contributed by atoms with Crippen LogP contribution >= 0.6 is 23.2 Å². The van der Waals surface area contributed by atoms with Crippen molar-refractivity contribution in [1.29, 1.82) is 0 Å². The van der Waals surface area contributed by atoms with Crippen LogP contribution in [0, 0.1) is 0 Å². The molecule has 1 amide bonds. The molecule has 0 spiro atoms. The van der Waals surface area contributed by atoms with E-state index >= 15 is 0 Å². The van der Waals surface area contributed by atoms with Gasteiger partial charge in [0.2, 0.25) is 5.91 Å². The van der Waals surface area contributed by atoms with Crippen molar-refractivity contribution < 1.29 is 4.79 Å². The monoisotopic (exact) mass is 302 g/mol. The minimum Gasteiger partial charge on any atom is -0.316 e. The van der Waals surface area contributed by atoms with Crippen LogP contribution < -0.4 is 10.6 Å². The zero-order valence-electron chi connectivity index (χ0n) is 10.6. The summed E-state index contributed by atoms with van der Waals surface area (Å²) in [5.41, 5.74) is 0. The third kappa shape index (κ3) is 4.04. The first kappa shape index (κ1) is 14.5. The lowest BCUT2D eigenvalue weighted by Crippen LogP contribution is -2.34. The van der Waals surface area contributed by atoms with Crippen LogP contribution in [0.2, 0.25) is 10.0 Å². The molecule has 0 saturated carbocycles. The third-order valence-electron chi connectivity index (χ3n) is 3.11. The van der Waals surface area contributed by atoms with Gasteiger partial charge in [0.25, 0.3) is 0 Å². The number of halogens is 2. The van der Waals surface area contributed by atoms with E-state index in [9.17, 15) is 4.79 Å². The highest BCUT2D eigenvalue weighted by molar-refractivity contribution is 6.36. The van der Waals surface area contributed by atoms with E-state index in [1.54, 1.807) is 6.07 Å². The van der Waals surface area contributed by atoms with E-state index in [1.165, 1.54) is 6.20 Å². The van der Waals surface area contributed by atoms with Crippen LogP contribution in [-0.2, 0) is 4.79 Å². The number of aromatic nitrogens is 1. The van der Waals surface area contributed by atoms with E-state index in [0.717, 1.165) is 19.5 Å². The second-order valence-corrected chi connectivity index (χ2v) is 5.39. The van der Waals surface area contributed by atoms with Gasteiger partial charge in [0, 0.05) is 25.3 Å². The number of anilines is 1. The molecule has 2 N–H and O–H groups in total. The molecule has 2 heterocycles. The molecule has 1 aromatic rings. The molecule has 2 rings (SSSR count). The van der Waals surface area contributed by atoms with Crippen LogP contribution in [0.25, 0.3) is 0 Å². The molecule has 1 fully saturated rings. The summed E-state index contributed by atoms with van der Waals surface area (Å²) >= 11 is 11.7. The van der Waals surface area contributed by atoms with Gasteiger partial charge in [-0.3, -0.25) is 9.69 Å². The largest absolute Gasteiger partial charge is 0.316 e. The summed E-state index contributed by atoms with van der Waals surface area (Å²) in [4.78, 5) is 18.0. The number of pyridine rings is 1. The number of carbonyl (C=O) groups excluding carboxylic acids is 1. The van der Waals surface area contributed by atoms with E-state index in [0.29, 0.717) is 28.4 Å². The number of likely N-dealkylation sites (tertiary alicyclic amines) is 1. The van der Waals surface area contributed by atoms with Gasteiger partial charge in [-0.15, -0.1) is 0 Å². The number of likely N-dealkylation sites (N-methyl/N-ethyl adjacent to an activating group) is 1. The van der Waals surface area contributed by atoms with Gasteiger partial charge in [-0.2, -0.15) is 0 Å². The van der Waals surface area contributed by atoms with Crippen molar-refractivity contribution in [2.75, 3.05) is 32.0 Å². The Labute approximate surface area is 122 Å². The second kappa shape index (κ2) is 6.52. The lowest BCUT2D eigenvalue weighted by atomic mass is 10.3. The number of amides is 1. The van der Waals surface area contributed by atoms with Gasteiger partial charge in [0.05, 0.1) is 16.6 Å². The second-order valence-electron chi connectivity index (χ2n) is 4.54. The standard InChI is InChI=1S/C12H16Cl2N4O/c1-15-9-2-3-18(6-9)7-11(19)17-12-10(14)4-8(13)5-16-12/h4-5,9,15H,2-3,6-7H2,1H3,(H,16,17,19). The minimum absolute atomic E-state index is 0.117. The molecular formula is C12H16Cl2N4O. The Kier molecular flexibility index (Phi) is 4.99. The van der Waals surface area contributed by atoms with Gasteiger partial charge >= 0.3 is 0 Å². The Morgan fingerprint density at radius 2 is 2.37 bits per heavy atom. The molecule has 0 radical (unpaired) electrons. The first-order valence-electron chi connectivity index (χ1n) is 6.09. The maximum atomic E-state index is 11.9. The fraction of sp³-hybridized carbons (Fsp3) is 0.500. The van der Waals surface area contributed by atoms with Gasteiger partial charge in [0.15, 0.2) is 5.82 Å². The zero-order valence-corrected chi connectivity index (χ0v) is 12.1. The van der Waals surface area contributed by atoms with E-state index in [4.69, 9.17) is 23.2 Å². The summed E-state index contributed by atoms with van der Waals surface area (Å²) in [5.74, 6) is 0.230. The molecule has 5 nitrogen and oxygen atoms in total. The molecule has 7 heteroatoms. The topological polar surface area (TPSA) is 57.3 Å². The molecule has 1 atom stereocenters. The first-order valence-corrected chi connectivity index (χ1v) is 6.84. The van der Waals surface area contributed by atoms with Crippen LogP contribution in [0.5, 0.6) is 0 Å². The van der Waals surface area contributed by atoms with E-state index < -0.39 is 0 Å². The summed E-state index contributed by atoms with van der Waals surface area (Å²) in [6, 6.07) is 2.02. The summed E-state index contributed by atoms with van der Waals surface area (Å²) < 4.78 is 0. The van der Waals surface area contributed by atoms with Crippen molar-refractivity contribution in [2.24, 2.45) is 0 Å². The van der Waals surface area contributed by atoms with Crippen molar-refractivity contribution in [3.63, 3.8) is 0 Å². The summed E-state index contributed by atoms with van der Waals surface area (Å²) in [6.07, 6.45) is 2.51. The Balaban J connectivity index is 1.87. The molecule has 1 aliphatic heterocycles. The van der Waals surface area contributed by atoms with E-state index in [1.807, 2.05) is 7.05 Å². The molecular weight excluding hydrogens is 287 g/mol. The van der Waals surface area contributed by atoms with Crippen LogP contribution in [0.15, 0.2) is 12.3 Å². The van der Waals surface area contributed by atoms with Crippen LogP contribution in [0.1, 0.15) is 6.42 Å². The molecule has 19 heavy (non-hydrogen) atoms. The number of rotatable bonds is 4. The summed E-state index contributed by atoms with van der Waals surface area (Å²) in [7, 11) is 1.94. The normalized spacial score (nSPS) is 19.6. The highest BCUT2D eigenvalue weighted by Crippen LogP contribution is 2.22. The highest BCUT2D eigenvalue weighted by Gasteiger charge is 2.22. The Morgan fingerprint density at radius 3 is 3.00 bits per heavy atom. The predicted molar refractivity (Wildman–Crippen MR) is 76.8 cm³/mol. The molecule has 0 bridgehead atoms. The molecule has 1 aliphatic rings. The minimum atomic E-state index is -0.117. The molecule has 1 saturated heterocycles. The number of hydrogen-bond donors (Lipinski definition) is 2. The fourth-order valence-electron chi connectivity index (χ4n) is 2.09. The van der Waals surface area contributed by atoms with Crippen LogP contribution in [-0.4, -0.2) is 48.5 Å². The van der Waals surface area contributed by atoms with Gasteiger partial charge in [-0.05, 0) is 19.5 Å². The maximum absolute atomic E-state index is 11.9. The number of nitrogens with one attached hydrogen (secondary N) is 2. The number of carbonyl (C=O) groups is 1. The number of hydrogen-bond acceptors (Lipinski definition) is 4. The zero-order chi connectivity index (χ0) is 13.8. The molecule has 0 aliphatic carbocycles. The maximum Gasteiger partial charge on any atom is 0.239 e. The molecule has 104 valence electrons. The average molecular weight is 303 g/mol. The Bertz CT molecular complexity index is 469. The van der Waals surface area contributed by atoms with Crippen molar-refractivity contribution in [2.45, 2.75) is 12.5 Å². The lowest BCUT2D eigenvalue weighted by molar-refractivity contribution is -0.117. The van der Waals surface area contributed by atoms with Crippen LogP contribution in [0.4, 0.5) is 5.82 Å². The van der Waals surface area contributed by atoms with Gasteiger partial charge in [-0.25, -0.2) is 4.98 Å². The SMILES string of the molecule is CNC1CCN(CC(=O)Nc2ncc(Cl)cc2Cl)C1. The van der Waals surface area contributed by atoms with Crippen molar-refractivity contribution in [3.05, 3.63) is 22.3 Å². The van der Waals surface area contributed by atoms with Gasteiger partial charge in [-0.1, -0.05) is 23.2 Å². The predicted octanol–water partition coefficient (Wildman–Crippen LogP) is 1.62. The van der Waals surface area contributed by atoms with Crippen LogP contribution in [0.3, 0.4) is 0 Å². The van der Waals surface area contributed by atoms with Crippen molar-refractivity contribution >= 4 is 34.9 Å². The quantitative estimate of drug-likeness (QED) is 0.887. The lowest BCUT2D eigenvalue weighted by Gasteiger charge is -2.15. The highest BCUT2D eigenvalue weighted by atomic mass is 35.5. The molecule has 1 unspecified atom stereocenters. The first-order chi connectivity index (χ1) is 9.08. The Morgan fingerprint density at radius 1 is 1.58 bits per heavy atom. The van der Waals surface area contributed by atoms with Gasteiger partial charge in [0.1, 0.15) is 0 Å². The molecule has 1 aromatic heterocycles. The van der Waals surface area contributed by atoms with E-state index in [-0.39, 0.29) is 5.91 Å². The van der Waals surface area contributed by atoms with Crippen molar-refractivity contribution in [3.8, 4) is 0 Å². The summed E-state index contributed by atoms with van der Waals surface area (Å²) in [6.45, 7) is 2.14. The smallest absolute Gasteiger partial charge is 0.239 e. The summed E-state index contributed by atoms with van der Waals surface area (Å²) in [5, 5.41) is 6.69. The van der Waals surface area contributed by atoms with Gasteiger partial charge < -0.3 is 10.6 Å². The molecule has 0 aromatic carbocycles. The third-order valence-corrected chi connectivity index (χ3v) is 3.61. The fourth-order valence-corrected chi connectivity index (χ4v) is 2.52. The number of nitrogens with zero attached hydrogens (tertiary/aromatic N) is 2. The van der Waals surface area contributed by atoms with Crippen molar-refractivity contribution in [1.82, 2.24) is 15.2 Å². The van der Waals surface area contributed by atoms with E-state index in [2.05, 4.69) is 20.5 Å². The Hall–Kier alpha value is -0.880. The average Bonchev–Trinajstić information content (AvgIpc) is 2.80.